The maximum Gasteiger partial charge on any atom is 0.253 e. The monoisotopic (exact) mass is 396 g/mol. The van der Waals surface area contributed by atoms with E-state index in [0.29, 0.717) is 5.69 Å². The number of methoxy groups -OCH3 is 1. The smallest absolute Gasteiger partial charge is 0.253 e. The van der Waals surface area contributed by atoms with Crippen LogP contribution in [-0.2, 0) is 10.0 Å². The van der Waals surface area contributed by atoms with Crippen molar-refractivity contribution >= 4 is 33.2 Å². The topological polar surface area (TPSA) is 75.7 Å². The van der Waals surface area contributed by atoms with E-state index in [0.717, 1.165) is 21.9 Å². The van der Waals surface area contributed by atoms with Crippen molar-refractivity contribution < 1.29 is 17.9 Å². The quantitative estimate of drug-likeness (QED) is 0.813. The second kappa shape index (κ2) is 7.97. The molecule has 0 saturated heterocycles. The number of halogens is 1. The average Bonchev–Trinajstić information content (AvgIpc) is 2.60. The third kappa shape index (κ3) is 4.68. The van der Waals surface area contributed by atoms with Crippen LogP contribution in [0.25, 0.3) is 0 Å². The molecule has 1 atom stereocenters. The van der Waals surface area contributed by atoms with Crippen LogP contribution in [0.2, 0.25) is 5.02 Å². The summed E-state index contributed by atoms with van der Waals surface area (Å²) in [5.41, 5.74) is 1.47. The zero-order valence-corrected chi connectivity index (χ0v) is 16.6. The van der Waals surface area contributed by atoms with Crippen molar-refractivity contribution in [2.24, 2.45) is 0 Å². The highest BCUT2D eigenvalue weighted by molar-refractivity contribution is 7.92. The SMILES string of the molecule is COc1ccc(C(C)NC(=O)c2cc(N(C)S(C)(=O)=O)ccc2Cl)cc1. The van der Waals surface area contributed by atoms with Crippen molar-refractivity contribution in [1.82, 2.24) is 5.32 Å². The fourth-order valence-electron chi connectivity index (χ4n) is 2.32. The van der Waals surface area contributed by atoms with E-state index in [2.05, 4.69) is 5.32 Å². The van der Waals surface area contributed by atoms with Crippen LogP contribution < -0.4 is 14.4 Å². The number of hydrogen-bond acceptors (Lipinski definition) is 4. The van der Waals surface area contributed by atoms with Crippen LogP contribution in [0.1, 0.15) is 28.9 Å². The molecule has 1 amide bonds. The van der Waals surface area contributed by atoms with E-state index in [1.54, 1.807) is 13.2 Å². The van der Waals surface area contributed by atoms with E-state index in [1.807, 2.05) is 31.2 Å². The molecule has 26 heavy (non-hydrogen) atoms. The number of rotatable bonds is 6. The fourth-order valence-corrected chi connectivity index (χ4v) is 3.02. The number of benzene rings is 2. The molecule has 1 N–H and O–H groups in total. The number of carbonyl (C=O) groups excluding carboxylic acids is 1. The van der Waals surface area contributed by atoms with E-state index >= 15 is 0 Å². The van der Waals surface area contributed by atoms with Crippen LogP contribution in [0.4, 0.5) is 5.69 Å². The van der Waals surface area contributed by atoms with Gasteiger partial charge in [0.15, 0.2) is 0 Å². The van der Waals surface area contributed by atoms with Gasteiger partial charge < -0.3 is 10.1 Å². The van der Waals surface area contributed by atoms with Gasteiger partial charge in [0, 0.05) is 7.05 Å². The minimum atomic E-state index is -3.44. The molecule has 0 aliphatic rings. The third-order valence-electron chi connectivity index (χ3n) is 4.02. The number of sulfonamides is 1. The summed E-state index contributed by atoms with van der Waals surface area (Å²) in [6.07, 6.45) is 1.09. The van der Waals surface area contributed by atoms with Crippen molar-refractivity contribution in [2.45, 2.75) is 13.0 Å². The van der Waals surface area contributed by atoms with Gasteiger partial charge >= 0.3 is 0 Å². The fraction of sp³-hybridized carbons (Fsp3) is 0.278. The first-order chi connectivity index (χ1) is 12.1. The van der Waals surface area contributed by atoms with Crippen LogP contribution in [-0.4, -0.2) is 34.7 Å². The molecule has 0 heterocycles. The van der Waals surface area contributed by atoms with E-state index in [1.165, 1.54) is 19.2 Å². The molecule has 8 heteroatoms. The van der Waals surface area contributed by atoms with Crippen molar-refractivity contribution in [3.05, 3.63) is 58.6 Å². The van der Waals surface area contributed by atoms with Gasteiger partial charge in [0.05, 0.1) is 35.7 Å². The van der Waals surface area contributed by atoms with Crippen LogP contribution in [0.5, 0.6) is 5.75 Å². The summed E-state index contributed by atoms with van der Waals surface area (Å²) in [6.45, 7) is 1.85. The largest absolute Gasteiger partial charge is 0.497 e. The Bertz CT molecular complexity index is 898. The molecule has 0 saturated carbocycles. The summed E-state index contributed by atoms with van der Waals surface area (Å²) >= 11 is 6.13. The zero-order valence-electron chi connectivity index (χ0n) is 15.0. The highest BCUT2D eigenvalue weighted by Gasteiger charge is 2.18. The number of anilines is 1. The number of nitrogens with zero attached hydrogens (tertiary/aromatic N) is 1. The minimum absolute atomic E-state index is 0.208. The lowest BCUT2D eigenvalue weighted by atomic mass is 10.1. The Labute approximate surface area is 158 Å². The van der Waals surface area contributed by atoms with Crippen LogP contribution in [0, 0.1) is 0 Å². The summed E-state index contributed by atoms with van der Waals surface area (Å²) < 4.78 is 29.6. The molecule has 0 bridgehead atoms. The van der Waals surface area contributed by atoms with Crippen molar-refractivity contribution in [3.63, 3.8) is 0 Å². The summed E-state index contributed by atoms with van der Waals surface area (Å²) in [4.78, 5) is 12.6. The standard InChI is InChI=1S/C18H21ClN2O4S/c1-12(13-5-8-15(25-3)9-6-13)20-18(22)16-11-14(7-10-17(16)19)21(2)26(4,23)24/h5-12H,1-4H3,(H,20,22). The Morgan fingerprint density at radius 2 is 1.81 bits per heavy atom. The Hall–Kier alpha value is -2.25. The summed E-state index contributed by atoms with van der Waals surface area (Å²) in [5.74, 6) is 0.342. The van der Waals surface area contributed by atoms with Gasteiger partial charge in [0.25, 0.3) is 5.91 Å². The third-order valence-corrected chi connectivity index (χ3v) is 5.55. The molecular formula is C18H21ClN2O4S. The molecule has 2 rings (SSSR count). The van der Waals surface area contributed by atoms with Crippen molar-refractivity contribution in [3.8, 4) is 5.75 Å². The van der Waals surface area contributed by atoms with Gasteiger partial charge in [-0.25, -0.2) is 8.42 Å². The molecule has 2 aromatic rings. The van der Waals surface area contributed by atoms with Crippen LogP contribution in [0.15, 0.2) is 42.5 Å². The number of amides is 1. The van der Waals surface area contributed by atoms with Gasteiger partial charge in [0.1, 0.15) is 5.75 Å². The lowest BCUT2D eigenvalue weighted by Crippen LogP contribution is -2.28. The predicted molar refractivity (Wildman–Crippen MR) is 104 cm³/mol. The second-order valence-corrected chi connectivity index (χ2v) is 8.28. The molecule has 0 aromatic heterocycles. The summed E-state index contributed by atoms with van der Waals surface area (Å²) in [5, 5.41) is 3.11. The normalized spacial score (nSPS) is 12.3. The lowest BCUT2D eigenvalue weighted by Gasteiger charge is -2.19. The average molecular weight is 397 g/mol. The minimum Gasteiger partial charge on any atom is -0.497 e. The molecule has 0 spiro atoms. The maximum atomic E-state index is 12.6. The van der Waals surface area contributed by atoms with Crippen molar-refractivity contribution in [2.75, 3.05) is 24.7 Å². The summed E-state index contributed by atoms with van der Waals surface area (Å²) in [6, 6.07) is 11.6. The van der Waals surface area contributed by atoms with Crippen molar-refractivity contribution in [1.29, 1.82) is 0 Å². The van der Waals surface area contributed by atoms with Gasteiger partial charge in [-0.1, -0.05) is 23.7 Å². The molecule has 0 fully saturated rings. The molecule has 140 valence electrons. The molecule has 1 unspecified atom stereocenters. The number of carbonyl (C=O) groups is 1. The lowest BCUT2D eigenvalue weighted by molar-refractivity contribution is 0.0940. The van der Waals surface area contributed by atoms with Gasteiger partial charge in [0.2, 0.25) is 10.0 Å². The first kappa shape index (κ1) is 20.1. The highest BCUT2D eigenvalue weighted by Crippen LogP contribution is 2.25. The molecule has 6 nitrogen and oxygen atoms in total. The number of hydrogen-bond donors (Lipinski definition) is 1. The molecule has 0 aliphatic carbocycles. The Morgan fingerprint density at radius 3 is 2.35 bits per heavy atom. The van der Waals surface area contributed by atoms with E-state index < -0.39 is 10.0 Å². The van der Waals surface area contributed by atoms with E-state index in [9.17, 15) is 13.2 Å². The Kier molecular flexibility index (Phi) is 6.15. The van der Waals surface area contributed by atoms with E-state index in [-0.39, 0.29) is 22.5 Å². The zero-order chi connectivity index (χ0) is 19.5. The number of ether oxygens (including phenoxy) is 1. The van der Waals surface area contributed by atoms with Gasteiger partial charge in [-0.05, 0) is 42.8 Å². The predicted octanol–water partition coefficient (Wildman–Crippen LogP) is 3.24. The van der Waals surface area contributed by atoms with Gasteiger partial charge in [-0.3, -0.25) is 9.10 Å². The Morgan fingerprint density at radius 1 is 1.19 bits per heavy atom. The van der Waals surface area contributed by atoms with Gasteiger partial charge in [-0.2, -0.15) is 0 Å². The van der Waals surface area contributed by atoms with Crippen LogP contribution >= 0.6 is 11.6 Å². The first-order valence-corrected chi connectivity index (χ1v) is 10.0. The molecular weight excluding hydrogens is 376 g/mol. The molecule has 0 radical (unpaired) electrons. The van der Waals surface area contributed by atoms with Crippen LogP contribution in [0.3, 0.4) is 0 Å². The highest BCUT2D eigenvalue weighted by atomic mass is 35.5. The number of nitrogens with one attached hydrogen (secondary N) is 1. The molecule has 2 aromatic carbocycles. The van der Waals surface area contributed by atoms with E-state index in [4.69, 9.17) is 16.3 Å². The maximum absolute atomic E-state index is 12.6. The van der Waals surface area contributed by atoms with Gasteiger partial charge in [-0.15, -0.1) is 0 Å². The second-order valence-electron chi connectivity index (χ2n) is 5.86. The Balaban J connectivity index is 2.22. The first-order valence-electron chi connectivity index (χ1n) is 7.81. The molecule has 0 aliphatic heterocycles. The summed E-state index contributed by atoms with van der Waals surface area (Å²) in [7, 11) is -0.434.